The lowest BCUT2D eigenvalue weighted by molar-refractivity contribution is -0.126. The number of para-hydroxylation sites is 1. The number of nitrogens with zero attached hydrogens (tertiary/aromatic N) is 1. The molecule has 0 aliphatic carbocycles. The van der Waals surface area contributed by atoms with Crippen molar-refractivity contribution in [1.29, 1.82) is 0 Å². The van der Waals surface area contributed by atoms with Gasteiger partial charge in [0.2, 0.25) is 11.8 Å². The second-order valence-corrected chi connectivity index (χ2v) is 7.29. The molecule has 1 aliphatic rings. The van der Waals surface area contributed by atoms with Crippen LogP contribution >= 0.6 is 11.6 Å². The highest BCUT2D eigenvalue weighted by Crippen LogP contribution is 2.31. The van der Waals surface area contributed by atoms with E-state index in [2.05, 4.69) is 5.32 Å². The fourth-order valence-electron chi connectivity index (χ4n) is 3.08. The number of rotatable bonds is 6. The number of benzene rings is 2. The first-order valence-electron chi connectivity index (χ1n) is 9.02. The van der Waals surface area contributed by atoms with Gasteiger partial charge in [-0.25, -0.2) is 0 Å². The van der Waals surface area contributed by atoms with Crippen LogP contribution in [0.1, 0.15) is 25.8 Å². The Bertz CT molecular complexity index is 820. The fraction of sp³-hybridized carbons (Fsp3) is 0.333. The summed E-state index contributed by atoms with van der Waals surface area (Å²) < 4.78 is 5.61. The highest BCUT2D eigenvalue weighted by Gasteiger charge is 2.35. The van der Waals surface area contributed by atoms with Crippen LogP contribution in [0.3, 0.4) is 0 Å². The van der Waals surface area contributed by atoms with Gasteiger partial charge < -0.3 is 15.0 Å². The van der Waals surface area contributed by atoms with E-state index in [0.717, 1.165) is 11.3 Å². The molecule has 27 heavy (non-hydrogen) atoms. The van der Waals surface area contributed by atoms with Gasteiger partial charge in [0.1, 0.15) is 5.75 Å². The van der Waals surface area contributed by atoms with E-state index in [1.165, 1.54) is 0 Å². The standard InChI is InChI=1S/C21H23ClN2O3/c1-14(2)27-17-9-7-15(8-10-17)12-23-21(26)16-11-20(25)24(13-16)19-6-4-3-5-18(19)22/h3-10,14,16H,11-13H2,1-2H3,(H,23,26)/t16-/m1/s1. The number of nitrogens with one attached hydrogen (secondary N) is 1. The highest BCUT2D eigenvalue weighted by molar-refractivity contribution is 6.33. The van der Waals surface area contributed by atoms with E-state index < -0.39 is 0 Å². The van der Waals surface area contributed by atoms with Crippen molar-refractivity contribution in [3.05, 3.63) is 59.1 Å². The van der Waals surface area contributed by atoms with Crippen molar-refractivity contribution in [3.63, 3.8) is 0 Å². The maximum Gasteiger partial charge on any atom is 0.227 e. The van der Waals surface area contributed by atoms with Crippen LogP contribution in [0, 0.1) is 5.92 Å². The Morgan fingerprint density at radius 3 is 2.59 bits per heavy atom. The summed E-state index contributed by atoms with van der Waals surface area (Å²) in [6, 6.07) is 14.8. The second kappa shape index (κ2) is 8.44. The lowest BCUT2D eigenvalue weighted by atomic mass is 10.1. The van der Waals surface area contributed by atoms with Crippen LogP contribution < -0.4 is 15.0 Å². The van der Waals surface area contributed by atoms with Crippen molar-refractivity contribution in [3.8, 4) is 5.75 Å². The molecule has 142 valence electrons. The van der Waals surface area contributed by atoms with E-state index in [1.54, 1.807) is 17.0 Å². The Morgan fingerprint density at radius 1 is 1.22 bits per heavy atom. The molecule has 1 heterocycles. The van der Waals surface area contributed by atoms with Gasteiger partial charge in [-0.3, -0.25) is 9.59 Å². The molecule has 0 saturated carbocycles. The average molecular weight is 387 g/mol. The summed E-state index contributed by atoms with van der Waals surface area (Å²) in [4.78, 5) is 26.4. The van der Waals surface area contributed by atoms with Crippen LogP contribution in [0.2, 0.25) is 5.02 Å². The molecule has 1 atom stereocenters. The van der Waals surface area contributed by atoms with E-state index in [1.807, 2.05) is 50.2 Å². The van der Waals surface area contributed by atoms with Gasteiger partial charge in [0.15, 0.2) is 0 Å². The first-order valence-corrected chi connectivity index (χ1v) is 9.40. The van der Waals surface area contributed by atoms with Crippen molar-refractivity contribution in [2.45, 2.75) is 32.9 Å². The summed E-state index contributed by atoms with van der Waals surface area (Å²) in [5.41, 5.74) is 1.63. The zero-order chi connectivity index (χ0) is 19.4. The number of halogens is 1. The van der Waals surface area contributed by atoms with E-state index in [-0.39, 0.29) is 30.3 Å². The quantitative estimate of drug-likeness (QED) is 0.821. The van der Waals surface area contributed by atoms with Gasteiger partial charge in [0.25, 0.3) is 0 Å². The highest BCUT2D eigenvalue weighted by atomic mass is 35.5. The predicted molar refractivity (Wildman–Crippen MR) is 106 cm³/mol. The lowest BCUT2D eigenvalue weighted by Gasteiger charge is -2.18. The van der Waals surface area contributed by atoms with E-state index in [9.17, 15) is 9.59 Å². The molecular weight excluding hydrogens is 364 g/mol. The van der Waals surface area contributed by atoms with Gasteiger partial charge in [0, 0.05) is 19.5 Å². The summed E-state index contributed by atoms with van der Waals surface area (Å²) >= 11 is 6.18. The molecule has 2 aromatic carbocycles. The van der Waals surface area contributed by atoms with Crippen LogP contribution in [0.15, 0.2) is 48.5 Å². The van der Waals surface area contributed by atoms with Gasteiger partial charge in [-0.05, 0) is 43.7 Å². The van der Waals surface area contributed by atoms with Crippen molar-refractivity contribution in [2.24, 2.45) is 5.92 Å². The smallest absolute Gasteiger partial charge is 0.227 e. The topological polar surface area (TPSA) is 58.6 Å². The minimum atomic E-state index is -0.377. The molecule has 0 bridgehead atoms. The van der Waals surface area contributed by atoms with Crippen molar-refractivity contribution in [1.82, 2.24) is 5.32 Å². The first kappa shape index (κ1) is 19.2. The van der Waals surface area contributed by atoms with Gasteiger partial charge in [-0.1, -0.05) is 35.9 Å². The molecule has 2 amide bonds. The number of amides is 2. The third-order valence-corrected chi connectivity index (χ3v) is 4.72. The number of hydrogen-bond acceptors (Lipinski definition) is 3. The normalized spacial score (nSPS) is 16.7. The van der Waals surface area contributed by atoms with Gasteiger partial charge in [0.05, 0.1) is 22.7 Å². The lowest BCUT2D eigenvalue weighted by Crippen LogP contribution is -2.32. The van der Waals surface area contributed by atoms with Crippen LogP contribution in [0.25, 0.3) is 0 Å². The molecule has 0 aromatic heterocycles. The predicted octanol–water partition coefficient (Wildman–Crippen LogP) is 3.80. The average Bonchev–Trinajstić information content (AvgIpc) is 3.02. The van der Waals surface area contributed by atoms with E-state index >= 15 is 0 Å². The van der Waals surface area contributed by atoms with Crippen molar-refractivity contribution in [2.75, 3.05) is 11.4 Å². The minimum Gasteiger partial charge on any atom is -0.491 e. The molecule has 0 radical (unpaired) electrons. The maximum absolute atomic E-state index is 12.5. The molecule has 1 aliphatic heterocycles. The first-order chi connectivity index (χ1) is 12.9. The number of anilines is 1. The monoisotopic (exact) mass is 386 g/mol. The molecule has 6 heteroatoms. The molecular formula is C21H23ClN2O3. The van der Waals surface area contributed by atoms with Crippen LogP contribution in [0.4, 0.5) is 5.69 Å². The fourth-order valence-corrected chi connectivity index (χ4v) is 3.32. The van der Waals surface area contributed by atoms with Crippen molar-refractivity contribution < 1.29 is 14.3 Å². The van der Waals surface area contributed by atoms with Crippen LogP contribution in [-0.2, 0) is 16.1 Å². The molecule has 1 fully saturated rings. The Labute approximate surface area is 164 Å². The summed E-state index contributed by atoms with van der Waals surface area (Å²) in [6.45, 7) is 4.71. The summed E-state index contributed by atoms with van der Waals surface area (Å²) in [5.74, 6) is 0.216. The van der Waals surface area contributed by atoms with Gasteiger partial charge in [-0.15, -0.1) is 0 Å². The van der Waals surface area contributed by atoms with Gasteiger partial charge in [-0.2, -0.15) is 0 Å². The Kier molecular flexibility index (Phi) is 6.01. The SMILES string of the molecule is CC(C)Oc1ccc(CNC(=O)[C@@H]2CC(=O)N(c3ccccc3Cl)C2)cc1. The summed E-state index contributed by atoms with van der Waals surface area (Å²) in [5, 5.41) is 3.43. The maximum atomic E-state index is 12.5. The van der Waals surface area contributed by atoms with Crippen molar-refractivity contribution >= 4 is 29.1 Å². The number of hydrogen-bond donors (Lipinski definition) is 1. The Morgan fingerprint density at radius 2 is 1.93 bits per heavy atom. The molecule has 0 spiro atoms. The third-order valence-electron chi connectivity index (χ3n) is 4.40. The number of carbonyl (C=O) groups is 2. The molecule has 0 unspecified atom stereocenters. The summed E-state index contributed by atoms with van der Waals surface area (Å²) in [6.07, 6.45) is 0.314. The second-order valence-electron chi connectivity index (χ2n) is 6.89. The molecule has 2 aromatic rings. The molecule has 1 N–H and O–H groups in total. The zero-order valence-electron chi connectivity index (χ0n) is 15.4. The zero-order valence-corrected chi connectivity index (χ0v) is 16.2. The van der Waals surface area contributed by atoms with E-state index in [4.69, 9.17) is 16.3 Å². The van der Waals surface area contributed by atoms with Gasteiger partial charge >= 0.3 is 0 Å². The largest absolute Gasteiger partial charge is 0.491 e. The summed E-state index contributed by atoms with van der Waals surface area (Å²) in [7, 11) is 0. The number of carbonyl (C=O) groups excluding carboxylic acids is 2. The Hall–Kier alpha value is -2.53. The van der Waals surface area contributed by atoms with Crippen LogP contribution in [-0.4, -0.2) is 24.5 Å². The van der Waals surface area contributed by atoms with Crippen LogP contribution in [0.5, 0.6) is 5.75 Å². The molecule has 3 rings (SSSR count). The third kappa shape index (κ3) is 4.80. The number of ether oxygens (including phenoxy) is 1. The molecule has 1 saturated heterocycles. The molecule has 5 nitrogen and oxygen atoms in total. The Balaban J connectivity index is 1.56. The van der Waals surface area contributed by atoms with E-state index in [0.29, 0.717) is 23.8 Å². The minimum absolute atomic E-state index is 0.0848.